The molecule has 0 radical (unpaired) electrons. The van der Waals surface area contributed by atoms with Crippen LogP contribution in [0.4, 0.5) is 4.39 Å². The number of aromatic nitrogens is 2. The van der Waals surface area contributed by atoms with Gasteiger partial charge < -0.3 is 19.1 Å². The number of hydrogen-bond acceptors (Lipinski definition) is 7. The average Bonchev–Trinajstić information content (AvgIpc) is 3.21. The highest BCUT2D eigenvalue weighted by molar-refractivity contribution is 5.97. The van der Waals surface area contributed by atoms with Crippen LogP contribution in [0.1, 0.15) is 29.6 Å². The van der Waals surface area contributed by atoms with Crippen LogP contribution in [0.3, 0.4) is 0 Å². The first-order valence-electron chi connectivity index (χ1n) is 8.81. The van der Waals surface area contributed by atoms with Crippen molar-refractivity contribution in [1.29, 1.82) is 0 Å². The van der Waals surface area contributed by atoms with E-state index >= 15 is 0 Å². The summed E-state index contributed by atoms with van der Waals surface area (Å²) in [5, 5.41) is 21.0. The number of hydrogen-bond donors (Lipinski definition) is 1. The Morgan fingerprint density at radius 3 is 2.72 bits per heavy atom. The molecule has 0 spiro atoms. The number of aromatic carboxylic acids is 1. The number of halogens is 1. The number of nitrogens with zero attached hydrogens (tertiary/aromatic N) is 3. The maximum absolute atomic E-state index is 13.1. The van der Waals surface area contributed by atoms with Crippen molar-refractivity contribution in [3.05, 3.63) is 65.8 Å². The molecule has 0 saturated carbocycles. The summed E-state index contributed by atoms with van der Waals surface area (Å²) < 4.78 is 24.3. The smallest absolute Gasteiger partial charge is 0.335 e. The second-order valence-corrected chi connectivity index (χ2v) is 5.91. The molecular weight excluding hydrogens is 381 g/mol. The minimum atomic E-state index is -1.06. The molecule has 0 aliphatic rings. The molecule has 1 N–H and O–H groups in total. The Kier molecular flexibility index (Phi) is 6.51. The molecule has 0 unspecified atom stereocenters. The van der Waals surface area contributed by atoms with E-state index in [9.17, 15) is 9.18 Å². The number of benzene rings is 2. The first-order valence-corrected chi connectivity index (χ1v) is 8.81. The highest BCUT2D eigenvalue weighted by Crippen LogP contribution is 2.19. The van der Waals surface area contributed by atoms with Crippen molar-refractivity contribution in [2.75, 3.05) is 13.2 Å². The molecule has 0 bridgehead atoms. The zero-order valence-electron chi connectivity index (χ0n) is 15.5. The lowest BCUT2D eigenvalue weighted by Gasteiger charge is -2.07. The second-order valence-electron chi connectivity index (χ2n) is 5.91. The minimum Gasteiger partial charge on any atom is -0.487 e. The van der Waals surface area contributed by atoms with E-state index in [0.29, 0.717) is 17.9 Å². The molecule has 3 rings (SSSR count). The Morgan fingerprint density at radius 2 is 2.00 bits per heavy atom. The largest absolute Gasteiger partial charge is 0.487 e. The summed E-state index contributed by atoms with van der Waals surface area (Å²) in [6.45, 7) is 2.23. The quantitative estimate of drug-likeness (QED) is 0.331. The van der Waals surface area contributed by atoms with E-state index in [-0.39, 0.29) is 35.5 Å². The summed E-state index contributed by atoms with van der Waals surface area (Å²) >= 11 is 0. The number of rotatable bonds is 9. The molecule has 1 aromatic heterocycles. The molecule has 0 saturated heterocycles. The lowest BCUT2D eigenvalue weighted by Crippen LogP contribution is -2.14. The third kappa shape index (κ3) is 5.38. The Bertz CT molecular complexity index is 1000. The van der Waals surface area contributed by atoms with Crippen molar-refractivity contribution in [3.63, 3.8) is 0 Å². The van der Waals surface area contributed by atoms with Crippen molar-refractivity contribution in [3.8, 4) is 17.2 Å². The van der Waals surface area contributed by atoms with Gasteiger partial charge in [-0.2, -0.15) is 0 Å². The van der Waals surface area contributed by atoms with Crippen molar-refractivity contribution in [2.24, 2.45) is 5.16 Å². The van der Waals surface area contributed by atoms with Gasteiger partial charge in [0.2, 0.25) is 5.89 Å². The molecule has 0 fully saturated rings. The highest BCUT2D eigenvalue weighted by Gasteiger charge is 2.17. The molecule has 2 aromatic carbocycles. The molecular formula is C20H18FN3O5. The van der Waals surface area contributed by atoms with Crippen molar-refractivity contribution in [2.45, 2.75) is 13.3 Å². The van der Waals surface area contributed by atoms with E-state index in [4.69, 9.17) is 19.1 Å². The first-order chi connectivity index (χ1) is 14.1. The normalized spacial score (nSPS) is 11.3. The zero-order valence-corrected chi connectivity index (χ0v) is 15.5. The summed E-state index contributed by atoms with van der Waals surface area (Å²) in [6.07, 6.45) is 0.753. The number of carboxylic acid groups (broad SMARTS) is 1. The number of oxime groups is 1. The number of ether oxygens (including phenoxy) is 1. The maximum Gasteiger partial charge on any atom is 0.335 e. The van der Waals surface area contributed by atoms with Crippen molar-refractivity contribution >= 4 is 11.7 Å². The van der Waals surface area contributed by atoms with Gasteiger partial charge in [-0.15, -0.1) is 10.2 Å². The highest BCUT2D eigenvalue weighted by atomic mass is 19.1. The van der Waals surface area contributed by atoms with E-state index < -0.39 is 5.97 Å². The zero-order chi connectivity index (χ0) is 20.6. The summed E-state index contributed by atoms with van der Waals surface area (Å²) in [5.74, 6) is -0.825. The Labute approximate surface area is 165 Å². The van der Waals surface area contributed by atoms with Crippen LogP contribution in [0.2, 0.25) is 0 Å². The van der Waals surface area contributed by atoms with Gasteiger partial charge in [0, 0.05) is 5.56 Å². The van der Waals surface area contributed by atoms with E-state index in [2.05, 4.69) is 15.4 Å². The van der Waals surface area contributed by atoms with E-state index in [1.54, 1.807) is 12.1 Å². The molecule has 29 heavy (non-hydrogen) atoms. The Hall–Kier alpha value is -3.75. The Balaban J connectivity index is 1.79. The summed E-state index contributed by atoms with van der Waals surface area (Å²) in [7, 11) is 0. The molecule has 0 atom stereocenters. The van der Waals surface area contributed by atoms with Crippen LogP contribution in [0.15, 0.2) is 58.1 Å². The fourth-order valence-corrected chi connectivity index (χ4v) is 2.26. The molecule has 3 aromatic rings. The predicted octanol–water partition coefficient (Wildman–Crippen LogP) is 3.78. The molecule has 150 valence electrons. The van der Waals surface area contributed by atoms with Crippen LogP contribution >= 0.6 is 0 Å². The van der Waals surface area contributed by atoms with Crippen LogP contribution in [0.25, 0.3) is 11.5 Å². The van der Waals surface area contributed by atoms with Gasteiger partial charge in [0.05, 0.1) is 5.56 Å². The van der Waals surface area contributed by atoms with Crippen LogP contribution < -0.4 is 4.74 Å². The molecule has 0 aliphatic heterocycles. The molecule has 0 amide bonds. The molecule has 8 nitrogen and oxygen atoms in total. The molecule has 1 heterocycles. The lowest BCUT2D eigenvalue weighted by molar-refractivity contribution is 0.0696. The van der Waals surface area contributed by atoms with Gasteiger partial charge in [0.1, 0.15) is 24.8 Å². The SMILES string of the molecule is CCCON=C(COc1cccc(C(=O)O)c1)c1nnc(-c2ccc(F)cc2)o1. The van der Waals surface area contributed by atoms with Gasteiger partial charge in [0.25, 0.3) is 5.89 Å². The van der Waals surface area contributed by atoms with Gasteiger partial charge in [-0.1, -0.05) is 18.1 Å². The van der Waals surface area contributed by atoms with Crippen LogP contribution in [-0.2, 0) is 4.84 Å². The van der Waals surface area contributed by atoms with Crippen LogP contribution in [-0.4, -0.2) is 40.2 Å². The summed E-state index contributed by atoms with van der Waals surface area (Å²) in [4.78, 5) is 16.3. The minimum absolute atomic E-state index is 0.0785. The summed E-state index contributed by atoms with van der Waals surface area (Å²) in [5.41, 5.74) is 0.883. The Morgan fingerprint density at radius 1 is 1.21 bits per heavy atom. The fourth-order valence-electron chi connectivity index (χ4n) is 2.26. The summed E-state index contributed by atoms with van der Waals surface area (Å²) in [6, 6.07) is 11.7. The second kappa shape index (κ2) is 9.45. The van der Waals surface area contributed by atoms with Gasteiger partial charge in [-0.05, 0) is 48.9 Å². The average molecular weight is 399 g/mol. The van der Waals surface area contributed by atoms with Gasteiger partial charge >= 0.3 is 5.97 Å². The first kappa shape index (κ1) is 20.0. The van der Waals surface area contributed by atoms with Crippen molar-refractivity contribution < 1.29 is 28.3 Å². The van der Waals surface area contributed by atoms with Gasteiger partial charge in [-0.25, -0.2) is 9.18 Å². The lowest BCUT2D eigenvalue weighted by atomic mass is 10.2. The van der Waals surface area contributed by atoms with Crippen LogP contribution in [0.5, 0.6) is 5.75 Å². The van der Waals surface area contributed by atoms with E-state index in [1.165, 1.54) is 36.4 Å². The standard InChI is InChI=1S/C20H18FN3O5/c1-2-10-28-24-17(12-27-16-5-3-4-14(11-16)20(25)26)19-23-22-18(29-19)13-6-8-15(21)9-7-13/h3-9,11H,2,10,12H2,1H3,(H,25,26). The topological polar surface area (TPSA) is 107 Å². The molecule has 9 heteroatoms. The van der Waals surface area contributed by atoms with Crippen LogP contribution in [0, 0.1) is 5.82 Å². The number of carboxylic acids is 1. The molecule has 0 aliphatic carbocycles. The van der Waals surface area contributed by atoms with E-state index in [0.717, 1.165) is 6.42 Å². The third-order valence-electron chi connectivity index (χ3n) is 3.69. The maximum atomic E-state index is 13.1. The van der Waals surface area contributed by atoms with E-state index in [1.807, 2.05) is 6.92 Å². The van der Waals surface area contributed by atoms with Gasteiger partial charge in [-0.3, -0.25) is 0 Å². The third-order valence-corrected chi connectivity index (χ3v) is 3.69. The van der Waals surface area contributed by atoms with Gasteiger partial charge in [0.15, 0.2) is 5.71 Å². The van der Waals surface area contributed by atoms with Crippen molar-refractivity contribution in [1.82, 2.24) is 10.2 Å². The monoisotopic (exact) mass is 399 g/mol. The fraction of sp³-hybridized carbons (Fsp3) is 0.200. The number of carbonyl (C=O) groups is 1. The predicted molar refractivity (Wildman–Crippen MR) is 101 cm³/mol.